The fraction of sp³-hybridized carbons (Fsp3) is 0.278. The first-order valence-electron chi connectivity index (χ1n) is 13.2. The van der Waals surface area contributed by atoms with Crippen molar-refractivity contribution >= 4 is 0 Å². The summed E-state index contributed by atoms with van der Waals surface area (Å²) in [5, 5.41) is 0. The van der Waals surface area contributed by atoms with Gasteiger partial charge in [0.2, 0.25) is 0 Å². The SMILES string of the molecule is C=C(CCc1ccccc1)C(=C(C)C)C(C(C(=C)CCc1ccccc1)=C(C)C)c1cccc(OC)c1. The second kappa shape index (κ2) is 13.7. The fourth-order valence-corrected chi connectivity index (χ4v) is 5.14. The van der Waals surface area contributed by atoms with E-state index in [1.165, 1.54) is 50.1 Å². The Morgan fingerprint density at radius 3 is 1.51 bits per heavy atom. The summed E-state index contributed by atoms with van der Waals surface area (Å²) in [6.07, 6.45) is 3.77. The summed E-state index contributed by atoms with van der Waals surface area (Å²) in [6.45, 7) is 18.1. The minimum atomic E-state index is 0.0525. The molecule has 0 atom stereocenters. The van der Waals surface area contributed by atoms with Gasteiger partial charge in [0.05, 0.1) is 7.11 Å². The zero-order valence-corrected chi connectivity index (χ0v) is 23.3. The lowest BCUT2D eigenvalue weighted by atomic mass is 9.74. The largest absolute Gasteiger partial charge is 0.497 e. The molecule has 0 spiro atoms. The molecule has 0 bridgehead atoms. The van der Waals surface area contributed by atoms with Crippen LogP contribution in [-0.4, -0.2) is 7.11 Å². The van der Waals surface area contributed by atoms with Crippen LogP contribution in [0.5, 0.6) is 5.75 Å². The van der Waals surface area contributed by atoms with E-state index in [0.29, 0.717) is 0 Å². The molecule has 192 valence electrons. The molecule has 0 aromatic heterocycles. The van der Waals surface area contributed by atoms with Crippen molar-refractivity contribution < 1.29 is 4.74 Å². The van der Waals surface area contributed by atoms with Gasteiger partial charge in [-0.3, -0.25) is 0 Å². The molecular formula is C36H42O. The van der Waals surface area contributed by atoms with Gasteiger partial charge in [0.25, 0.3) is 0 Å². The molecule has 3 rings (SSSR count). The quantitative estimate of drug-likeness (QED) is 0.230. The zero-order valence-electron chi connectivity index (χ0n) is 23.3. The van der Waals surface area contributed by atoms with Crippen LogP contribution in [0, 0.1) is 0 Å². The van der Waals surface area contributed by atoms with Crippen molar-refractivity contribution in [2.75, 3.05) is 7.11 Å². The van der Waals surface area contributed by atoms with Gasteiger partial charge in [-0.15, -0.1) is 0 Å². The van der Waals surface area contributed by atoms with Gasteiger partial charge >= 0.3 is 0 Å². The van der Waals surface area contributed by atoms with Crippen LogP contribution >= 0.6 is 0 Å². The maximum atomic E-state index is 5.64. The van der Waals surface area contributed by atoms with Crippen LogP contribution in [0.25, 0.3) is 0 Å². The summed E-state index contributed by atoms with van der Waals surface area (Å²) < 4.78 is 5.64. The highest BCUT2D eigenvalue weighted by molar-refractivity contribution is 5.55. The molecule has 3 aromatic rings. The Balaban J connectivity index is 2.02. The minimum absolute atomic E-state index is 0.0525. The molecule has 37 heavy (non-hydrogen) atoms. The summed E-state index contributed by atoms with van der Waals surface area (Å²) in [5.41, 5.74) is 11.5. The number of hydrogen-bond acceptors (Lipinski definition) is 1. The molecule has 0 fully saturated rings. The molecule has 0 saturated heterocycles. The van der Waals surface area contributed by atoms with E-state index in [4.69, 9.17) is 4.74 Å². The second-order valence-corrected chi connectivity index (χ2v) is 10.2. The molecule has 0 aliphatic rings. The van der Waals surface area contributed by atoms with Gasteiger partial charge in [-0.25, -0.2) is 0 Å². The number of hydrogen-bond donors (Lipinski definition) is 0. The highest BCUT2D eigenvalue weighted by Gasteiger charge is 2.27. The smallest absolute Gasteiger partial charge is 0.119 e. The molecular weight excluding hydrogens is 448 g/mol. The Labute approximate surface area is 224 Å². The first-order chi connectivity index (χ1) is 17.8. The van der Waals surface area contributed by atoms with Crippen molar-refractivity contribution in [1.29, 1.82) is 0 Å². The predicted octanol–water partition coefficient (Wildman–Crippen LogP) is 9.83. The van der Waals surface area contributed by atoms with Gasteiger partial charge < -0.3 is 4.74 Å². The van der Waals surface area contributed by atoms with Crippen molar-refractivity contribution in [3.8, 4) is 5.75 Å². The number of methoxy groups -OCH3 is 1. The van der Waals surface area contributed by atoms with Crippen LogP contribution in [0.2, 0.25) is 0 Å². The van der Waals surface area contributed by atoms with E-state index in [1.807, 2.05) is 6.07 Å². The number of allylic oxidation sites excluding steroid dienone is 6. The molecule has 1 nitrogen and oxygen atoms in total. The fourth-order valence-electron chi connectivity index (χ4n) is 5.14. The van der Waals surface area contributed by atoms with Gasteiger partial charge in [-0.1, -0.05) is 108 Å². The first-order valence-corrected chi connectivity index (χ1v) is 13.2. The van der Waals surface area contributed by atoms with E-state index in [-0.39, 0.29) is 5.92 Å². The van der Waals surface area contributed by atoms with Crippen LogP contribution in [0.3, 0.4) is 0 Å². The molecule has 1 heteroatoms. The standard InChI is InChI=1S/C36H42O/c1-26(2)34(28(5)21-23-30-15-10-8-11-16-30)36(32-19-14-20-33(25-32)37-7)35(27(3)4)29(6)22-24-31-17-12-9-13-18-31/h8-20,25,36H,5-6,21-24H2,1-4,7H3. The van der Waals surface area contributed by atoms with Gasteiger partial charge in [0.15, 0.2) is 0 Å². The molecule has 0 unspecified atom stereocenters. The highest BCUT2D eigenvalue weighted by Crippen LogP contribution is 2.44. The summed E-state index contributed by atoms with van der Waals surface area (Å²) in [4.78, 5) is 0. The summed E-state index contributed by atoms with van der Waals surface area (Å²) in [6, 6.07) is 29.8. The third-order valence-electron chi connectivity index (χ3n) is 6.96. The lowest BCUT2D eigenvalue weighted by molar-refractivity contribution is 0.414. The van der Waals surface area contributed by atoms with Crippen molar-refractivity contribution in [1.82, 2.24) is 0 Å². The van der Waals surface area contributed by atoms with Crippen LogP contribution in [0.1, 0.15) is 63.1 Å². The van der Waals surface area contributed by atoms with E-state index in [9.17, 15) is 0 Å². The molecule has 3 aromatic carbocycles. The maximum Gasteiger partial charge on any atom is 0.119 e. The average Bonchev–Trinajstić information content (AvgIpc) is 2.91. The van der Waals surface area contributed by atoms with Crippen molar-refractivity contribution in [3.05, 3.63) is 148 Å². The van der Waals surface area contributed by atoms with E-state index in [0.717, 1.165) is 31.4 Å². The van der Waals surface area contributed by atoms with E-state index >= 15 is 0 Å². The van der Waals surface area contributed by atoms with Gasteiger partial charge in [0.1, 0.15) is 5.75 Å². The van der Waals surface area contributed by atoms with Crippen LogP contribution < -0.4 is 4.74 Å². The minimum Gasteiger partial charge on any atom is -0.497 e. The molecule has 0 aliphatic carbocycles. The van der Waals surface area contributed by atoms with E-state index in [1.54, 1.807) is 7.11 Å². The van der Waals surface area contributed by atoms with Crippen molar-refractivity contribution in [3.63, 3.8) is 0 Å². The van der Waals surface area contributed by atoms with Gasteiger partial charge in [-0.05, 0) is 93.3 Å². The molecule has 0 heterocycles. The molecule has 0 aliphatic heterocycles. The van der Waals surface area contributed by atoms with Crippen LogP contribution in [0.15, 0.2) is 132 Å². The third kappa shape index (κ3) is 7.70. The Morgan fingerprint density at radius 2 is 1.11 bits per heavy atom. The zero-order chi connectivity index (χ0) is 26.8. The molecule has 0 amide bonds. The highest BCUT2D eigenvalue weighted by atomic mass is 16.5. The van der Waals surface area contributed by atoms with Gasteiger partial charge in [-0.2, -0.15) is 0 Å². The summed E-state index contributed by atoms with van der Waals surface area (Å²) in [5.74, 6) is 0.921. The van der Waals surface area contributed by atoms with Crippen molar-refractivity contribution in [2.24, 2.45) is 0 Å². The summed E-state index contributed by atoms with van der Waals surface area (Å²) in [7, 11) is 1.73. The maximum absolute atomic E-state index is 5.64. The van der Waals surface area contributed by atoms with Gasteiger partial charge in [0, 0.05) is 5.92 Å². The van der Waals surface area contributed by atoms with E-state index < -0.39 is 0 Å². The summed E-state index contributed by atoms with van der Waals surface area (Å²) >= 11 is 0. The van der Waals surface area contributed by atoms with Crippen molar-refractivity contribution in [2.45, 2.75) is 59.3 Å². The number of rotatable bonds is 12. The predicted molar refractivity (Wildman–Crippen MR) is 160 cm³/mol. The topological polar surface area (TPSA) is 9.23 Å². The molecule has 0 saturated carbocycles. The number of benzene rings is 3. The number of ether oxygens (including phenoxy) is 1. The number of aryl methyl sites for hydroxylation is 2. The Bertz CT molecular complexity index is 1170. The Kier molecular flexibility index (Phi) is 10.3. The second-order valence-electron chi connectivity index (χ2n) is 10.2. The normalized spacial score (nSPS) is 10.6. The van der Waals surface area contributed by atoms with Crippen LogP contribution in [-0.2, 0) is 12.8 Å². The Morgan fingerprint density at radius 1 is 0.649 bits per heavy atom. The van der Waals surface area contributed by atoms with E-state index in [2.05, 4.69) is 120 Å². The Hall–Kier alpha value is -3.58. The lowest BCUT2D eigenvalue weighted by Crippen LogP contribution is -2.13. The third-order valence-corrected chi connectivity index (χ3v) is 6.96. The molecule has 0 N–H and O–H groups in total. The van der Waals surface area contributed by atoms with Crippen LogP contribution in [0.4, 0.5) is 0 Å². The average molecular weight is 491 g/mol. The molecule has 0 radical (unpaired) electrons. The monoisotopic (exact) mass is 490 g/mol. The lowest BCUT2D eigenvalue weighted by Gasteiger charge is -2.30. The first kappa shape index (κ1) is 28.0.